The zero-order valence-corrected chi connectivity index (χ0v) is 14.6. The van der Waals surface area contributed by atoms with Crippen LogP contribution in [0.1, 0.15) is 25.3 Å². The van der Waals surface area contributed by atoms with Gasteiger partial charge in [0.15, 0.2) is 0 Å². The first-order valence-electron chi connectivity index (χ1n) is 8.85. The molecule has 7 heteroatoms. The van der Waals surface area contributed by atoms with Gasteiger partial charge in [-0.15, -0.1) is 0 Å². The number of aromatic nitrogens is 2. The van der Waals surface area contributed by atoms with Gasteiger partial charge in [-0.3, -0.25) is 0 Å². The van der Waals surface area contributed by atoms with Crippen molar-refractivity contribution in [1.82, 2.24) is 24.7 Å². The van der Waals surface area contributed by atoms with Crippen LogP contribution in [0.4, 0.5) is 4.79 Å². The highest BCUT2D eigenvalue weighted by atomic mass is 16.5. The molecule has 132 valence electrons. The molecular weight excluding hydrogens is 306 g/mol. The van der Waals surface area contributed by atoms with Crippen LogP contribution in [0.5, 0.6) is 6.01 Å². The molecule has 0 radical (unpaired) electrons. The van der Waals surface area contributed by atoms with E-state index in [2.05, 4.69) is 28.8 Å². The fourth-order valence-corrected chi connectivity index (χ4v) is 3.14. The summed E-state index contributed by atoms with van der Waals surface area (Å²) in [5, 5.41) is 0. The van der Waals surface area contributed by atoms with E-state index in [0.717, 1.165) is 57.5 Å². The number of hydrogen-bond donors (Lipinski definition) is 0. The van der Waals surface area contributed by atoms with E-state index >= 15 is 0 Å². The largest absolute Gasteiger partial charge is 0.458 e. The number of likely N-dealkylation sites (N-methyl/N-ethyl adjacent to an activating group) is 1. The number of carbonyl (C=O) groups excluding carboxylic acids is 1. The number of amides is 2. The summed E-state index contributed by atoms with van der Waals surface area (Å²) in [5.74, 6) is 0. The average Bonchev–Trinajstić information content (AvgIpc) is 2.63. The Morgan fingerprint density at radius 2 is 1.88 bits per heavy atom. The molecule has 0 N–H and O–H groups in total. The topological polar surface area (TPSA) is 61.8 Å². The summed E-state index contributed by atoms with van der Waals surface area (Å²) in [6.07, 6.45) is 6.39. The molecule has 24 heavy (non-hydrogen) atoms. The minimum absolute atomic E-state index is 0.0253. The van der Waals surface area contributed by atoms with Gasteiger partial charge in [-0.2, -0.15) is 0 Å². The molecule has 1 atom stereocenters. The number of likely N-dealkylation sites (tertiary alicyclic amines) is 1. The van der Waals surface area contributed by atoms with Crippen LogP contribution >= 0.6 is 0 Å². The van der Waals surface area contributed by atoms with Crippen LogP contribution in [0.3, 0.4) is 0 Å². The lowest BCUT2D eigenvalue weighted by Gasteiger charge is -2.39. The van der Waals surface area contributed by atoms with E-state index in [1.807, 2.05) is 9.80 Å². The van der Waals surface area contributed by atoms with Crippen molar-refractivity contribution in [2.45, 2.75) is 32.3 Å². The van der Waals surface area contributed by atoms with Gasteiger partial charge in [-0.25, -0.2) is 14.8 Å². The van der Waals surface area contributed by atoms with Crippen molar-refractivity contribution in [3.8, 4) is 6.01 Å². The van der Waals surface area contributed by atoms with Crippen molar-refractivity contribution in [2.24, 2.45) is 0 Å². The standard InChI is InChI=1S/C17H27N5O2/c1-3-14-11-18-16(19-12-14)24-15-5-4-6-22(13-15)17(23)21-9-7-20(2)8-10-21/h11-12,15H,3-10,13H2,1-2H3. The number of urea groups is 1. The van der Waals surface area contributed by atoms with Gasteiger partial charge >= 0.3 is 12.0 Å². The highest BCUT2D eigenvalue weighted by Gasteiger charge is 2.29. The van der Waals surface area contributed by atoms with Crippen LogP contribution in [-0.4, -0.2) is 83.1 Å². The number of carbonyl (C=O) groups is 1. The fraction of sp³-hybridized carbons (Fsp3) is 0.706. The van der Waals surface area contributed by atoms with Crippen molar-refractivity contribution >= 4 is 6.03 Å². The molecule has 2 saturated heterocycles. The minimum atomic E-state index is -0.0253. The Morgan fingerprint density at radius 3 is 2.54 bits per heavy atom. The number of ether oxygens (including phenoxy) is 1. The maximum Gasteiger partial charge on any atom is 0.320 e. The smallest absolute Gasteiger partial charge is 0.320 e. The van der Waals surface area contributed by atoms with E-state index in [-0.39, 0.29) is 12.1 Å². The van der Waals surface area contributed by atoms with Gasteiger partial charge in [0, 0.05) is 45.1 Å². The lowest BCUT2D eigenvalue weighted by molar-refractivity contribution is 0.0707. The molecule has 1 aromatic heterocycles. The molecule has 1 aromatic rings. The molecule has 0 aromatic carbocycles. The van der Waals surface area contributed by atoms with Gasteiger partial charge in [0.1, 0.15) is 6.10 Å². The Labute approximate surface area is 143 Å². The zero-order valence-electron chi connectivity index (χ0n) is 14.6. The van der Waals surface area contributed by atoms with Gasteiger partial charge in [-0.05, 0) is 31.9 Å². The molecule has 0 bridgehead atoms. The third-order valence-corrected chi connectivity index (χ3v) is 4.78. The number of nitrogens with zero attached hydrogens (tertiary/aromatic N) is 5. The predicted molar refractivity (Wildman–Crippen MR) is 91.1 cm³/mol. The van der Waals surface area contributed by atoms with E-state index in [1.165, 1.54) is 0 Å². The van der Waals surface area contributed by atoms with Crippen LogP contribution in [0.15, 0.2) is 12.4 Å². The number of rotatable bonds is 3. The molecule has 2 fully saturated rings. The van der Waals surface area contributed by atoms with Crippen LogP contribution < -0.4 is 4.74 Å². The molecule has 7 nitrogen and oxygen atoms in total. The Hall–Kier alpha value is -1.89. The van der Waals surface area contributed by atoms with Crippen molar-refractivity contribution in [2.75, 3.05) is 46.3 Å². The SMILES string of the molecule is CCc1cnc(OC2CCCN(C(=O)N3CCN(C)CC3)C2)nc1. The third kappa shape index (κ3) is 4.14. The van der Waals surface area contributed by atoms with Crippen molar-refractivity contribution in [3.63, 3.8) is 0 Å². The number of aryl methyl sites for hydroxylation is 1. The van der Waals surface area contributed by atoms with E-state index < -0.39 is 0 Å². The molecule has 3 rings (SSSR count). The Bertz CT molecular complexity index is 542. The monoisotopic (exact) mass is 333 g/mol. The lowest BCUT2D eigenvalue weighted by atomic mass is 10.1. The maximum atomic E-state index is 12.7. The van der Waals surface area contributed by atoms with E-state index in [0.29, 0.717) is 12.6 Å². The van der Waals surface area contributed by atoms with Crippen LogP contribution in [0.2, 0.25) is 0 Å². The Morgan fingerprint density at radius 1 is 1.17 bits per heavy atom. The van der Waals surface area contributed by atoms with Gasteiger partial charge in [0.05, 0.1) is 6.54 Å². The van der Waals surface area contributed by atoms with Gasteiger partial charge in [-0.1, -0.05) is 6.92 Å². The number of hydrogen-bond acceptors (Lipinski definition) is 5. The van der Waals surface area contributed by atoms with Gasteiger partial charge in [0.25, 0.3) is 0 Å². The first kappa shape index (κ1) is 17.0. The normalized spacial score (nSPS) is 22.5. The second kappa shape index (κ2) is 7.79. The van der Waals surface area contributed by atoms with E-state index in [9.17, 15) is 4.79 Å². The Kier molecular flexibility index (Phi) is 5.50. The molecule has 0 aliphatic carbocycles. The van der Waals surface area contributed by atoms with Crippen LogP contribution in [-0.2, 0) is 6.42 Å². The fourth-order valence-electron chi connectivity index (χ4n) is 3.14. The predicted octanol–water partition coefficient (Wildman–Crippen LogP) is 1.25. The third-order valence-electron chi connectivity index (χ3n) is 4.78. The van der Waals surface area contributed by atoms with Gasteiger partial charge in [0.2, 0.25) is 0 Å². The lowest BCUT2D eigenvalue weighted by Crippen LogP contribution is -2.54. The molecular formula is C17H27N5O2. The van der Waals surface area contributed by atoms with Gasteiger partial charge < -0.3 is 19.4 Å². The summed E-state index contributed by atoms with van der Waals surface area (Å²) in [5.41, 5.74) is 1.10. The van der Waals surface area contributed by atoms with Crippen LogP contribution in [0.25, 0.3) is 0 Å². The second-order valence-corrected chi connectivity index (χ2v) is 6.63. The minimum Gasteiger partial charge on any atom is -0.458 e. The summed E-state index contributed by atoms with van der Waals surface area (Å²) in [6.45, 7) is 6.99. The summed E-state index contributed by atoms with van der Waals surface area (Å²) in [6, 6.07) is 0.546. The molecule has 2 amide bonds. The molecule has 2 aliphatic heterocycles. The first-order chi connectivity index (χ1) is 11.7. The molecule has 3 heterocycles. The Balaban J connectivity index is 1.54. The van der Waals surface area contributed by atoms with E-state index in [1.54, 1.807) is 12.4 Å². The van der Waals surface area contributed by atoms with Crippen LogP contribution in [0, 0.1) is 0 Å². The number of piperidine rings is 1. The molecule has 0 saturated carbocycles. The average molecular weight is 333 g/mol. The maximum absolute atomic E-state index is 12.7. The zero-order chi connectivity index (χ0) is 16.9. The quantitative estimate of drug-likeness (QED) is 0.833. The summed E-state index contributed by atoms with van der Waals surface area (Å²) in [7, 11) is 2.09. The first-order valence-corrected chi connectivity index (χ1v) is 8.85. The summed E-state index contributed by atoms with van der Waals surface area (Å²) < 4.78 is 5.90. The van der Waals surface area contributed by atoms with Crippen molar-refractivity contribution in [1.29, 1.82) is 0 Å². The molecule has 0 spiro atoms. The summed E-state index contributed by atoms with van der Waals surface area (Å²) in [4.78, 5) is 27.3. The van der Waals surface area contributed by atoms with E-state index in [4.69, 9.17) is 4.74 Å². The highest BCUT2D eigenvalue weighted by molar-refractivity contribution is 5.74. The molecule has 1 unspecified atom stereocenters. The summed E-state index contributed by atoms with van der Waals surface area (Å²) >= 11 is 0. The second-order valence-electron chi connectivity index (χ2n) is 6.63. The number of piperazine rings is 1. The van der Waals surface area contributed by atoms with Crippen molar-refractivity contribution < 1.29 is 9.53 Å². The molecule has 2 aliphatic rings. The van der Waals surface area contributed by atoms with Crippen molar-refractivity contribution in [3.05, 3.63) is 18.0 Å². The highest BCUT2D eigenvalue weighted by Crippen LogP contribution is 2.17.